The summed E-state index contributed by atoms with van der Waals surface area (Å²) in [6.45, 7) is 6.85. The van der Waals surface area contributed by atoms with E-state index in [2.05, 4.69) is 31.4 Å². The number of carbonyl (C=O) groups excluding carboxylic acids is 3. The van der Waals surface area contributed by atoms with Gasteiger partial charge in [0.15, 0.2) is 0 Å². The maximum Gasteiger partial charge on any atom is 0.243 e. The van der Waals surface area contributed by atoms with Crippen molar-refractivity contribution in [3.63, 3.8) is 0 Å². The van der Waals surface area contributed by atoms with Crippen LogP contribution in [0.4, 0.5) is 0 Å². The quantitative estimate of drug-likeness (QED) is 0.394. The van der Waals surface area contributed by atoms with E-state index in [-0.39, 0.29) is 18.2 Å². The molecule has 0 fully saturated rings. The zero-order valence-electron chi connectivity index (χ0n) is 16.2. The van der Waals surface area contributed by atoms with Crippen molar-refractivity contribution in [1.82, 2.24) is 10.6 Å². The Balaban J connectivity index is 4.12. The Labute approximate surface area is 152 Å². The molecule has 0 saturated carbocycles. The Morgan fingerprint density at radius 2 is 1.56 bits per heavy atom. The Bertz CT molecular complexity index is 397. The molecular weight excluding hydrogens is 318 g/mol. The molecule has 0 rings (SSSR count). The first-order valence-electron chi connectivity index (χ1n) is 9.72. The van der Waals surface area contributed by atoms with Gasteiger partial charge in [-0.15, -0.1) is 0 Å². The van der Waals surface area contributed by atoms with E-state index in [4.69, 9.17) is 5.73 Å². The lowest BCUT2D eigenvalue weighted by Gasteiger charge is -2.17. The second-order valence-electron chi connectivity index (χ2n) is 7.14. The number of unbranched alkanes of at least 4 members (excludes halogenated alkanes) is 6. The summed E-state index contributed by atoms with van der Waals surface area (Å²) >= 11 is 0. The summed E-state index contributed by atoms with van der Waals surface area (Å²) in [5.41, 5.74) is 5.19. The summed E-state index contributed by atoms with van der Waals surface area (Å²) in [4.78, 5) is 35.3. The lowest BCUT2D eigenvalue weighted by Crippen LogP contribution is -2.48. The van der Waals surface area contributed by atoms with Crippen LogP contribution in [0.3, 0.4) is 0 Å². The molecule has 0 aromatic rings. The van der Waals surface area contributed by atoms with E-state index in [0.717, 1.165) is 25.7 Å². The minimum Gasteiger partial charge on any atom is -0.370 e. The Kier molecular flexibility index (Phi) is 13.8. The summed E-state index contributed by atoms with van der Waals surface area (Å²) < 4.78 is 0. The van der Waals surface area contributed by atoms with Crippen LogP contribution < -0.4 is 16.4 Å². The third kappa shape index (κ3) is 14.5. The lowest BCUT2D eigenvalue weighted by molar-refractivity contribution is -0.131. The average molecular weight is 356 g/mol. The van der Waals surface area contributed by atoms with Crippen molar-refractivity contribution < 1.29 is 14.4 Å². The molecule has 25 heavy (non-hydrogen) atoms. The molecule has 0 aromatic carbocycles. The van der Waals surface area contributed by atoms with Gasteiger partial charge in [0.25, 0.3) is 0 Å². The topological polar surface area (TPSA) is 101 Å². The summed E-state index contributed by atoms with van der Waals surface area (Å²) in [5.74, 6) is -0.659. The normalized spacial score (nSPS) is 12.0. The smallest absolute Gasteiger partial charge is 0.243 e. The van der Waals surface area contributed by atoms with Crippen LogP contribution in [0, 0.1) is 5.92 Å². The first-order chi connectivity index (χ1) is 11.9. The van der Waals surface area contributed by atoms with Gasteiger partial charge in [0, 0.05) is 13.0 Å². The van der Waals surface area contributed by atoms with Gasteiger partial charge in [-0.05, 0) is 18.8 Å². The molecule has 0 aromatic heterocycles. The molecule has 0 aliphatic rings. The Morgan fingerprint density at radius 3 is 2.12 bits per heavy atom. The summed E-state index contributed by atoms with van der Waals surface area (Å²) in [5, 5.41) is 5.40. The first-order valence-corrected chi connectivity index (χ1v) is 9.72. The summed E-state index contributed by atoms with van der Waals surface area (Å²) in [7, 11) is 0. The standard InChI is InChI=1S/C19H37N3O3/c1-4-5-6-7-8-9-10-11-18(24)22-16(14-17(20)23)19(25)21-13-12-15(2)3/h15-16H,4-14H2,1-3H3,(H2,20,23)(H,21,25)(H,22,24)/t16-/m0/s1. The number of hydrogen-bond donors (Lipinski definition) is 3. The molecule has 4 N–H and O–H groups in total. The van der Waals surface area contributed by atoms with Crippen LogP contribution >= 0.6 is 0 Å². The van der Waals surface area contributed by atoms with Gasteiger partial charge in [-0.1, -0.05) is 59.3 Å². The molecule has 3 amide bonds. The van der Waals surface area contributed by atoms with Gasteiger partial charge in [0.2, 0.25) is 17.7 Å². The largest absolute Gasteiger partial charge is 0.370 e. The third-order valence-electron chi connectivity index (χ3n) is 4.09. The highest BCUT2D eigenvalue weighted by Crippen LogP contribution is 2.08. The number of rotatable bonds is 15. The van der Waals surface area contributed by atoms with E-state index in [1.54, 1.807) is 0 Å². The molecule has 146 valence electrons. The van der Waals surface area contributed by atoms with Gasteiger partial charge >= 0.3 is 0 Å². The fourth-order valence-electron chi connectivity index (χ4n) is 2.53. The molecule has 0 aliphatic carbocycles. The van der Waals surface area contributed by atoms with Gasteiger partial charge < -0.3 is 16.4 Å². The molecule has 6 heteroatoms. The fourth-order valence-corrected chi connectivity index (χ4v) is 2.53. The number of nitrogens with one attached hydrogen (secondary N) is 2. The fraction of sp³-hybridized carbons (Fsp3) is 0.842. The molecule has 0 bridgehead atoms. The van der Waals surface area contributed by atoms with Crippen LogP contribution in [-0.4, -0.2) is 30.3 Å². The average Bonchev–Trinajstić information content (AvgIpc) is 2.52. The van der Waals surface area contributed by atoms with Gasteiger partial charge in [-0.3, -0.25) is 14.4 Å². The van der Waals surface area contributed by atoms with E-state index in [9.17, 15) is 14.4 Å². The zero-order chi connectivity index (χ0) is 19.1. The van der Waals surface area contributed by atoms with Crippen molar-refractivity contribution >= 4 is 17.7 Å². The second-order valence-corrected chi connectivity index (χ2v) is 7.14. The Morgan fingerprint density at radius 1 is 0.960 bits per heavy atom. The van der Waals surface area contributed by atoms with Crippen LogP contribution in [-0.2, 0) is 14.4 Å². The maximum atomic E-state index is 12.1. The van der Waals surface area contributed by atoms with E-state index in [0.29, 0.717) is 18.9 Å². The zero-order valence-corrected chi connectivity index (χ0v) is 16.2. The predicted molar refractivity (Wildman–Crippen MR) is 101 cm³/mol. The highest BCUT2D eigenvalue weighted by molar-refractivity contribution is 5.91. The Hall–Kier alpha value is -1.59. The number of amides is 3. The van der Waals surface area contributed by atoms with Crippen molar-refractivity contribution in [2.75, 3.05) is 6.54 Å². The monoisotopic (exact) mass is 355 g/mol. The van der Waals surface area contributed by atoms with Crippen LogP contribution in [0.2, 0.25) is 0 Å². The van der Waals surface area contributed by atoms with Crippen molar-refractivity contribution in [2.24, 2.45) is 11.7 Å². The van der Waals surface area contributed by atoms with Gasteiger partial charge in [-0.2, -0.15) is 0 Å². The van der Waals surface area contributed by atoms with Crippen molar-refractivity contribution in [3.8, 4) is 0 Å². The summed E-state index contributed by atoms with van der Waals surface area (Å²) in [6.07, 6.45) is 8.95. The van der Waals surface area contributed by atoms with Gasteiger partial charge in [0.1, 0.15) is 6.04 Å². The first kappa shape index (κ1) is 23.4. The summed E-state index contributed by atoms with van der Waals surface area (Å²) in [6, 6.07) is -0.873. The minimum absolute atomic E-state index is 0.170. The SMILES string of the molecule is CCCCCCCCCC(=O)N[C@@H](CC(N)=O)C(=O)NCCC(C)C. The number of nitrogens with two attached hydrogens (primary N) is 1. The molecule has 1 atom stereocenters. The maximum absolute atomic E-state index is 12.1. The van der Waals surface area contributed by atoms with Gasteiger partial charge in [-0.25, -0.2) is 0 Å². The second kappa shape index (κ2) is 14.7. The molecule has 0 aliphatic heterocycles. The molecule has 0 heterocycles. The molecule has 0 spiro atoms. The molecule has 0 radical (unpaired) electrons. The van der Waals surface area contributed by atoms with E-state index < -0.39 is 11.9 Å². The number of primary amides is 1. The minimum atomic E-state index is -0.873. The molecule has 6 nitrogen and oxygen atoms in total. The molecule has 0 saturated heterocycles. The van der Waals surface area contributed by atoms with E-state index >= 15 is 0 Å². The van der Waals surface area contributed by atoms with Crippen LogP contribution in [0.5, 0.6) is 0 Å². The highest BCUT2D eigenvalue weighted by Gasteiger charge is 2.22. The van der Waals surface area contributed by atoms with Crippen molar-refractivity contribution in [2.45, 2.75) is 91.0 Å². The van der Waals surface area contributed by atoms with Crippen LogP contribution in [0.25, 0.3) is 0 Å². The third-order valence-corrected chi connectivity index (χ3v) is 4.09. The number of carbonyl (C=O) groups is 3. The van der Waals surface area contributed by atoms with E-state index in [1.807, 2.05) is 0 Å². The van der Waals surface area contributed by atoms with Crippen LogP contribution in [0.15, 0.2) is 0 Å². The lowest BCUT2D eigenvalue weighted by atomic mass is 10.1. The number of hydrogen-bond acceptors (Lipinski definition) is 3. The van der Waals surface area contributed by atoms with Crippen LogP contribution in [0.1, 0.15) is 85.0 Å². The van der Waals surface area contributed by atoms with Crippen molar-refractivity contribution in [1.29, 1.82) is 0 Å². The van der Waals surface area contributed by atoms with E-state index in [1.165, 1.54) is 25.7 Å². The highest BCUT2D eigenvalue weighted by atomic mass is 16.2. The molecular formula is C19H37N3O3. The van der Waals surface area contributed by atoms with Crippen molar-refractivity contribution in [3.05, 3.63) is 0 Å². The predicted octanol–water partition coefficient (Wildman–Crippen LogP) is 2.65. The van der Waals surface area contributed by atoms with Gasteiger partial charge in [0.05, 0.1) is 6.42 Å². The molecule has 0 unspecified atom stereocenters.